The van der Waals surface area contributed by atoms with E-state index in [4.69, 9.17) is 0 Å². The van der Waals surface area contributed by atoms with Crippen molar-refractivity contribution in [1.29, 1.82) is 0 Å². The molecule has 5 nitrogen and oxygen atoms in total. The van der Waals surface area contributed by atoms with E-state index in [-0.39, 0.29) is 6.16 Å². The SMILES string of the molecule is CCCCCCCCCCP(=O)([O-])CP(=O)([O-])[O-]. The average molecular weight is 297 g/mol. The summed E-state index contributed by atoms with van der Waals surface area (Å²) in [7, 11) is -8.96. The fourth-order valence-electron chi connectivity index (χ4n) is 1.82. The predicted molar refractivity (Wildman–Crippen MR) is 67.6 cm³/mol. The molecule has 0 bridgehead atoms. The molecule has 0 aromatic heterocycles. The van der Waals surface area contributed by atoms with E-state index in [1.807, 2.05) is 0 Å². The van der Waals surface area contributed by atoms with E-state index in [0.717, 1.165) is 19.3 Å². The van der Waals surface area contributed by atoms with Gasteiger partial charge in [0, 0.05) is 13.3 Å². The molecule has 0 fully saturated rings. The number of unbranched alkanes of at least 4 members (excludes halogenated alkanes) is 7. The van der Waals surface area contributed by atoms with Crippen molar-refractivity contribution in [2.45, 2.75) is 58.3 Å². The molecule has 110 valence electrons. The van der Waals surface area contributed by atoms with Crippen LogP contribution in [-0.4, -0.2) is 12.1 Å². The molecule has 0 aliphatic rings. The Morgan fingerprint density at radius 3 is 1.67 bits per heavy atom. The molecule has 0 saturated heterocycles. The van der Waals surface area contributed by atoms with Gasteiger partial charge in [0.15, 0.2) is 0 Å². The van der Waals surface area contributed by atoms with Gasteiger partial charge >= 0.3 is 0 Å². The molecule has 18 heavy (non-hydrogen) atoms. The van der Waals surface area contributed by atoms with Gasteiger partial charge in [0.1, 0.15) is 0 Å². The minimum absolute atomic E-state index is 0.170. The average Bonchev–Trinajstić information content (AvgIpc) is 2.18. The van der Waals surface area contributed by atoms with Crippen LogP contribution in [0.2, 0.25) is 0 Å². The summed E-state index contributed by atoms with van der Waals surface area (Å²) in [5, 5.41) is 0. The Morgan fingerprint density at radius 2 is 1.22 bits per heavy atom. The van der Waals surface area contributed by atoms with Gasteiger partial charge < -0.3 is 23.8 Å². The monoisotopic (exact) mass is 297 g/mol. The lowest BCUT2D eigenvalue weighted by Gasteiger charge is -2.36. The molecule has 7 heteroatoms. The van der Waals surface area contributed by atoms with E-state index in [1.165, 1.54) is 25.7 Å². The minimum Gasteiger partial charge on any atom is -0.810 e. The molecule has 1 unspecified atom stereocenters. The molecule has 1 atom stereocenters. The standard InChI is InChI=1S/C11H26O5P2/c1-2-3-4-5-6-7-8-9-10-17(12,13)11-18(14,15)16/h2-11H2,1H3,(H,12,13)(H2,14,15,16)/p-3. The zero-order valence-corrected chi connectivity index (χ0v) is 12.8. The second-order valence-corrected chi connectivity index (χ2v) is 9.19. The molecule has 0 aliphatic carbocycles. The van der Waals surface area contributed by atoms with Crippen LogP contribution in [0.25, 0.3) is 0 Å². The van der Waals surface area contributed by atoms with Gasteiger partial charge in [-0.25, -0.2) is 0 Å². The lowest BCUT2D eigenvalue weighted by Crippen LogP contribution is -2.21. The van der Waals surface area contributed by atoms with Crippen molar-refractivity contribution < 1.29 is 23.8 Å². The summed E-state index contributed by atoms with van der Waals surface area (Å²) in [6, 6.07) is 0. The number of rotatable bonds is 11. The summed E-state index contributed by atoms with van der Waals surface area (Å²) in [6.45, 7) is 2.15. The van der Waals surface area contributed by atoms with Gasteiger partial charge in [-0.3, -0.25) is 0 Å². The van der Waals surface area contributed by atoms with Gasteiger partial charge in [0.05, 0.1) is 0 Å². The van der Waals surface area contributed by atoms with Crippen LogP contribution in [0.3, 0.4) is 0 Å². The molecule has 0 aliphatic heterocycles. The Bertz CT molecular complexity index is 300. The molecule has 0 spiro atoms. The Balaban J connectivity index is 3.54. The maximum absolute atomic E-state index is 11.3. The van der Waals surface area contributed by atoms with Crippen molar-refractivity contribution in [3.63, 3.8) is 0 Å². The number of hydrogen-bond donors (Lipinski definition) is 0. The highest BCUT2D eigenvalue weighted by atomic mass is 31.2. The summed E-state index contributed by atoms with van der Waals surface area (Å²) in [5.74, 6) is -1.21. The third-order valence-electron chi connectivity index (χ3n) is 2.74. The van der Waals surface area contributed by atoms with E-state index in [0.29, 0.717) is 6.42 Å². The molecule has 0 heterocycles. The maximum Gasteiger partial charge on any atom is 0.0196 e. The summed E-state index contributed by atoms with van der Waals surface area (Å²) in [4.78, 5) is 32.0. The van der Waals surface area contributed by atoms with Gasteiger partial charge in [0.25, 0.3) is 0 Å². The highest BCUT2D eigenvalue weighted by Crippen LogP contribution is 2.47. The zero-order chi connectivity index (χ0) is 14.1. The van der Waals surface area contributed by atoms with Crippen LogP contribution >= 0.6 is 15.0 Å². The van der Waals surface area contributed by atoms with E-state index in [1.54, 1.807) is 0 Å². The van der Waals surface area contributed by atoms with Crippen molar-refractivity contribution in [1.82, 2.24) is 0 Å². The van der Waals surface area contributed by atoms with Crippen molar-refractivity contribution in [3.8, 4) is 0 Å². The smallest absolute Gasteiger partial charge is 0.0196 e. The first kappa shape index (κ1) is 18.3. The van der Waals surface area contributed by atoms with Crippen LogP contribution in [0.15, 0.2) is 0 Å². The normalized spacial score (nSPS) is 15.6. The fourth-order valence-corrected chi connectivity index (χ4v) is 5.20. The first-order valence-corrected chi connectivity index (χ1v) is 10.3. The van der Waals surface area contributed by atoms with Crippen molar-refractivity contribution >= 4 is 15.0 Å². The van der Waals surface area contributed by atoms with E-state index in [2.05, 4.69) is 6.92 Å². The molecule has 0 radical (unpaired) electrons. The first-order valence-electron chi connectivity index (χ1n) is 6.57. The molecule has 0 rings (SSSR count). The molecular formula is C11H23O5P2-3. The topological polar surface area (TPSA) is 103 Å². The lowest BCUT2D eigenvalue weighted by atomic mass is 10.1. The van der Waals surface area contributed by atoms with Crippen LogP contribution < -0.4 is 14.7 Å². The maximum atomic E-state index is 11.3. The molecule has 0 N–H and O–H groups in total. The second-order valence-electron chi connectivity index (χ2n) is 4.77. The Hall–Kier alpha value is 0.340. The second kappa shape index (κ2) is 9.28. The molecule has 0 amide bonds. The van der Waals surface area contributed by atoms with Gasteiger partial charge in [-0.2, -0.15) is 0 Å². The van der Waals surface area contributed by atoms with Crippen LogP contribution in [0.4, 0.5) is 0 Å². The van der Waals surface area contributed by atoms with E-state index >= 15 is 0 Å². The molecule has 0 aromatic rings. The molecule has 0 saturated carbocycles. The zero-order valence-electron chi connectivity index (χ0n) is 11.0. The lowest BCUT2D eigenvalue weighted by molar-refractivity contribution is -0.312. The highest BCUT2D eigenvalue weighted by molar-refractivity contribution is 7.70. The van der Waals surface area contributed by atoms with Crippen molar-refractivity contribution in [2.24, 2.45) is 0 Å². The minimum atomic E-state index is -4.94. The van der Waals surface area contributed by atoms with Crippen LogP contribution in [-0.2, 0) is 9.13 Å². The summed E-state index contributed by atoms with van der Waals surface area (Å²) < 4.78 is 21.7. The van der Waals surface area contributed by atoms with Crippen LogP contribution in [0.5, 0.6) is 0 Å². The van der Waals surface area contributed by atoms with Crippen molar-refractivity contribution in [2.75, 3.05) is 12.1 Å². The summed E-state index contributed by atoms with van der Waals surface area (Å²) in [5.41, 5.74) is 0. The molecule has 0 aromatic carbocycles. The predicted octanol–water partition coefficient (Wildman–Crippen LogP) is 1.64. The van der Waals surface area contributed by atoms with Crippen molar-refractivity contribution in [3.05, 3.63) is 0 Å². The van der Waals surface area contributed by atoms with E-state index in [9.17, 15) is 23.8 Å². The Morgan fingerprint density at radius 1 is 0.778 bits per heavy atom. The Labute approximate surface area is 110 Å². The Kier molecular flexibility index (Phi) is 9.45. The third-order valence-corrected chi connectivity index (χ3v) is 6.85. The van der Waals surface area contributed by atoms with Crippen LogP contribution in [0, 0.1) is 0 Å². The van der Waals surface area contributed by atoms with Gasteiger partial charge in [-0.15, -0.1) is 0 Å². The fraction of sp³-hybridized carbons (Fsp3) is 1.00. The van der Waals surface area contributed by atoms with E-state index < -0.39 is 20.9 Å². The number of hydrogen-bond acceptors (Lipinski definition) is 5. The quantitative estimate of drug-likeness (QED) is 0.426. The summed E-state index contributed by atoms with van der Waals surface area (Å²) in [6.07, 6.45) is 7.93. The largest absolute Gasteiger partial charge is 0.810 e. The molecular weight excluding hydrogens is 274 g/mol. The van der Waals surface area contributed by atoms with Crippen LogP contribution in [0.1, 0.15) is 58.3 Å². The summed E-state index contributed by atoms with van der Waals surface area (Å²) >= 11 is 0. The third kappa shape index (κ3) is 12.8. The van der Waals surface area contributed by atoms with Gasteiger partial charge in [0.2, 0.25) is 0 Å². The first-order chi connectivity index (χ1) is 8.27. The highest BCUT2D eigenvalue weighted by Gasteiger charge is 2.09. The van der Waals surface area contributed by atoms with Gasteiger partial charge in [-0.1, -0.05) is 59.5 Å². The van der Waals surface area contributed by atoms with Gasteiger partial charge in [-0.05, 0) is 12.6 Å².